The Morgan fingerprint density at radius 1 is 1.04 bits per heavy atom. The van der Waals surface area contributed by atoms with Crippen LogP contribution in [0.2, 0.25) is 5.02 Å². The second kappa shape index (κ2) is 6.73. The number of hydrogen-bond acceptors (Lipinski definition) is 3. The molecule has 0 bridgehead atoms. The SMILES string of the molecule is O=C(NC(=S)Nc1cc2ccccc2cn1)c1ccc(Cl)cc1. The van der Waals surface area contributed by atoms with E-state index in [0.717, 1.165) is 10.8 Å². The first-order chi connectivity index (χ1) is 11.1. The molecule has 1 heterocycles. The average molecular weight is 342 g/mol. The number of fused-ring (bicyclic) bond motifs is 1. The molecule has 0 saturated heterocycles. The molecule has 0 radical (unpaired) electrons. The highest BCUT2D eigenvalue weighted by atomic mass is 35.5. The number of aromatic nitrogens is 1. The highest BCUT2D eigenvalue weighted by Gasteiger charge is 2.08. The lowest BCUT2D eigenvalue weighted by atomic mass is 10.2. The molecule has 0 saturated carbocycles. The number of halogens is 1. The molecule has 0 fully saturated rings. The summed E-state index contributed by atoms with van der Waals surface area (Å²) >= 11 is 11.0. The topological polar surface area (TPSA) is 54.0 Å². The Morgan fingerprint density at radius 3 is 2.48 bits per heavy atom. The number of nitrogens with zero attached hydrogens (tertiary/aromatic N) is 1. The number of carbonyl (C=O) groups excluding carboxylic acids is 1. The van der Waals surface area contributed by atoms with Gasteiger partial charge in [-0.1, -0.05) is 35.9 Å². The Kier molecular flexibility index (Phi) is 4.50. The lowest BCUT2D eigenvalue weighted by molar-refractivity contribution is 0.0978. The van der Waals surface area contributed by atoms with Crippen molar-refractivity contribution >= 4 is 51.4 Å². The molecule has 0 aliphatic heterocycles. The van der Waals surface area contributed by atoms with Gasteiger partial charge in [-0.15, -0.1) is 0 Å². The second-order valence-corrected chi connectivity index (χ2v) is 5.68. The Balaban J connectivity index is 1.68. The van der Waals surface area contributed by atoms with E-state index >= 15 is 0 Å². The third kappa shape index (κ3) is 3.83. The number of amides is 1. The van der Waals surface area contributed by atoms with Crippen molar-refractivity contribution in [1.82, 2.24) is 10.3 Å². The fourth-order valence-electron chi connectivity index (χ4n) is 2.08. The molecular weight excluding hydrogens is 330 g/mol. The number of thiocarbonyl (C=S) groups is 1. The van der Waals surface area contributed by atoms with Crippen LogP contribution in [0.25, 0.3) is 10.8 Å². The van der Waals surface area contributed by atoms with Gasteiger partial charge >= 0.3 is 0 Å². The third-order valence-corrected chi connectivity index (χ3v) is 3.66. The molecule has 114 valence electrons. The second-order valence-electron chi connectivity index (χ2n) is 4.83. The van der Waals surface area contributed by atoms with E-state index in [0.29, 0.717) is 16.4 Å². The molecule has 0 aliphatic carbocycles. The first-order valence-electron chi connectivity index (χ1n) is 6.84. The lowest BCUT2D eigenvalue weighted by Gasteiger charge is -2.09. The van der Waals surface area contributed by atoms with Crippen molar-refractivity contribution in [2.45, 2.75) is 0 Å². The van der Waals surface area contributed by atoms with E-state index in [1.807, 2.05) is 30.3 Å². The summed E-state index contributed by atoms with van der Waals surface area (Å²) in [5, 5.41) is 8.35. The maximum atomic E-state index is 12.1. The first kappa shape index (κ1) is 15.4. The van der Waals surface area contributed by atoms with Crippen LogP contribution in [-0.4, -0.2) is 16.0 Å². The number of carbonyl (C=O) groups is 1. The molecule has 1 aromatic heterocycles. The van der Waals surface area contributed by atoms with E-state index in [-0.39, 0.29) is 11.0 Å². The molecule has 1 amide bonds. The molecule has 0 unspecified atom stereocenters. The summed E-state index contributed by atoms with van der Waals surface area (Å²) in [6.07, 6.45) is 1.75. The van der Waals surface area contributed by atoms with Gasteiger partial charge in [0.25, 0.3) is 5.91 Å². The number of anilines is 1. The molecule has 2 aromatic carbocycles. The van der Waals surface area contributed by atoms with Crippen LogP contribution in [0.1, 0.15) is 10.4 Å². The van der Waals surface area contributed by atoms with Crippen LogP contribution in [-0.2, 0) is 0 Å². The third-order valence-electron chi connectivity index (χ3n) is 3.21. The molecule has 0 atom stereocenters. The Labute approximate surface area is 143 Å². The van der Waals surface area contributed by atoms with Crippen LogP contribution in [0.5, 0.6) is 0 Å². The maximum Gasteiger partial charge on any atom is 0.257 e. The fraction of sp³-hybridized carbons (Fsp3) is 0. The van der Waals surface area contributed by atoms with Gasteiger partial charge in [-0.2, -0.15) is 0 Å². The van der Waals surface area contributed by atoms with Gasteiger partial charge in [-0.25, -0.2) is 4.98 Å². The summed E-state index contributed by atoms with van der Waals surface area (Å²) in [5.41, 5.74) is 0.477. The predicted octanol–water partition coefficient (Wildman–Crippen LogP) is 4.02. The summed E-state index contributed by atoms with van der Waals surface area (Å²) in [7, 11) is 0. The highest BCUT2D eigenvalue weighted by Crippen LogP contribution is 2.16. The standard InChI is InChI=1S/C17H12ClN3OS/c18-14-7-5-11(6-8-14)16(22)21-17(23)20-15-9-12-3-1-2-4-13(12)10-19-15/h1-10H,(H2,19,20,21,22,23). The van der Waals surface area contributed by atoms with Gasteiger partial charge in [0.1, 0.15) is 5.82 Å². The number of hydrogen-bond donors (Lipinski definition) is 2. The summed E-state index contributed by atoms with van der Waals surface area (Å²) in [6.45, 7) is 0. The van der Waals surface area contributed by atoms with Gasteiger partial charge in [0.15, 0.2) is 5.11 Å². The van der Waals surface area contributed by atoms with Gasteiger partial charge in [-0.3, -0.25) is 10.1 Å². The van der Waals surface area contributed by atoms with E-state index in [9.17, 15) is 4.79 Å². The Hall–Kier alpha value is -2.50. The summed E-state index contributed by atoms with van der Waals surface area (Å²) in [6, 6.07) is 16.3. The van der Waals surface area contributed by atoms with Crippen molar-refractivity contribution < 1.29 is 4.79 Å². The molecular formula is C17H12ClN3OS. The largest absolute Gasteiger partial charge is 0.317 e. The highest BCUT2D eigenvalue weighted by molar-refractivity contribution is 7.80. The minimum Gasteiger partial charge on any atom is -0.317 e. The van der Waals surface area contributed by atoms with Crippen LogP contribution in [0.4, 0.5) is 5.82 Å². The summed E-state index contributed by atoms with van der Waals surface area (Å²) in [5.74, 6) is 0.269. The van der Waals surface area contributed by atoms with E-state index in [1.54, 1.807) is 30.5 Å². The van der Waals surface area contributed by atoms with Gasteiger partial charge in [0.2, 0.25) is 0 Å². The van der Waals surface area contributed by atoms with Crippen molar-refractivity contribution in [2.24, 2.45) is 0 Å². The molecule has 3 rings (SSSR count). The van der Waals surface area contributed by atoms with Gasteiger partial charge in [0, 0.05) is 22.2 Å². The van der Waals surface area contributed by atoms with Crippen LogP contribution in [0.15, 0.2) is 60.8 Å². The number of nitrogens with one attached hydrogen (secondary N) is 2. The fourth-order valence-corrected chi connectivity index (χ4v) is 2.40. The molecule has 2 N–H and O–H groups in total. The van der Waals surface area contributed by atoms with Crippen LogP contribution < -0.4 is 10.6 Å². The number of pyridine rings is 1. The van der Waals surface area contributed by atoms with E-state index in [1.165, 1.54) is 0 Å². The smallest absolute Gasteiger partial charge is 0.257 e. The lowest BCUT2D eigenvalue weighted by Crippen LogP contribution is -2.34. The van der Waals surface area contributed by atoms with Crippen LogP contribution >= 0.6 is 23.8 Å². The molecule has 0 aliphatic rings. The van der Waals surface area contributed by atoms with Crippen LogP contribution in [0.3, 0.4) is 0 Å². The maximum absolute atomic E-state index is 12.1. The van der Waals surface area contributed by atoms with Crippen molar-refractivity contribution in [2.75, 3.05) is 5.32 Å². The van der Waals surface area contributed by atoms with Crippen molar-refractivity contribution in [3.63, 3.8) is 0 Å². The monoisotopic (exact) mass is 341 g/mol. The molecule has 0 spiro atoms. The quantitative estimate of drug-likeness (QED) is 0.691. The van der Waals surface area contributed by atoms with E-state index in [2.05, 4.69) is 15.6 Å². The molecule has 3 aromatic rings. The average Bonchev–Trinajstić information content (AvgIpc) is 2.55. The van der Waals surface area contributed by atoms with Crippen LogP contribution in [0, 0.1) is 0 Å². The van der Waals surface area contributed by atoms with Gasteiger partial charge in [-0.05, 0) is 47.9 Å². The van der Waals surface area contributed by atoms with Crippen molar-refractivity contribution in [3.05, 3.63) is 71.4 Å². The Morgan fingerprint density at radius 2 is 1.74 bits per heavy atom. The van der Waals surface area contributed by atoms with E-state index < -0.39 is 0 Å². The Bertz CT molecular complexity index is 880. The zero-order chi connectivity index (χ0) is 16.2. The van der Waals surface area contributed by atoms with E-state index in [4.69, 9.17) is 23.8 Å². The van der Waals surface area contributed by atoms with Gasteiger partial charge in [0.05, 0.1) is 0 Å². The minimum absolute atomic E-state index is 0.188. The summed E-state index contributed by atoms with van der Waals surface area (Å²) in [4.78, 5) is 16.3. The zero-order valence-corrected chi connectivity index (χ0v) is 13.5. The normalized spacial score (nSPS) is 10.3. The molecule has 6 heteroatoms. The molecule has 23 heavy (non-hydrogen) atoms. The minimum atomic E-state index is -0.306. The zero-order valence-electron chi connectivity index (χ0n) is 11.9. The number of rotatable bonds is 2. The summed E-state index contributed by atoms with van der Waals surface area (Å²) < 4.78 is 0. The van der Waals surface area contributed by atoms with Gasteiger partial charge < -0.3 is 5.32 Å². The predicted molar refractivity (Wildman–Crippen MR) is 96.9 cm³/mol. The molecule has 4 nitrogen and oxygen atoms in total. The number of benzene rings is 2. The van der Waals surface area contributed by atoms with Crippen molar-refractivity contribution in [1.29, 1.82) is 0 Å². The first-order valence-corrected chi connectivity index (χ1v) is 7.63. The van der Waals surface area contributed by atoms with Crippen molar-refractivity contribution in [3.8, 4) is 0 Å².